The molecule has 7 nitrogen and oxygen atoms in total. The molecule has 0 bridgehead atoms. The average molecular weight is 490 g/mol. The van der Waals surface area contributed by atoms with Gasteiger partial charge in [-0.25, -0.2) is 4.79 Å². The Balaban J connectivity index is 1.72. The van der Waals surface area contributed by atoms with E-state index in [2.05, 4.69) is 16.7 Å². The Morgan fingerprint density at radius 2 is 1.83 bits per heavy atom. The Hall–Kier alpha value is -4.10. The molecule has 3 aromatic carbocycles. The maximum Gasteiger partial charge on any atom is 0.349 e. The Labute approximate surface area is 206 Å². The molecular weight excluding hydrogens is 466 g/mol. The number of aromatic nitrogens is 2. The SMILES string of the molecule is C=CCc1cc(C=Nn2c(=O)[nH]c3ccccc3c2=O)cc(OCC)c1OCc1ccccc1Cl. The molecule has 0 saturated heterocycles. The second-order valence-electron chi connectivity index (χ2n) is 7.65. The second kappa shape index (κ2) is 10.9. The van der Waals surface area contributed by atoms with Crippen LogP contribution in [0.5, 0.6) is 11.5 Å². The van der Waals surface area contributed by atoms with Crippen molar-refractivity contribution in [1.29, 1.82) is 0 Å². The first-order valence-electron chi connectivity index (χ1n) is 11.1. The van der Waals surface area contributed by atoms with Crippen molar-refractivity contribution in [3.05, 3.63) is 116 Å². The summed E-state index contributed by atoms with van der Waals surface area (Å²) in [4.78, 5) is 27.9. The van der Waals surface area contributed by atoms with Crippen LogP contribution in [0.2, 0.25) is 5.02 Å². The van der Waals surface area contributed by atoms with Crippen molar-refractivity contribution in [3.63, 3.8) is 0 Å². The maximum atomic E-state index is 12.8. The van der Waals surface area contributed by atoms with Crippen LogP contribution >= 0.6 is 11.6 Å². The minimum atomic E-state index is -0.624. The summed E-state index contributed by atoms with van der Waals surface area (Å²) in [6.07, 6.45) is 3.71. The number of hydrogen-bond acceptors (Lipinski definition) is 5. The molecule has 1 heterocycles. The average Bonchev–Trinajstić information content (AvgIpc) is 2.85. The van der Waals surface area contributed by atoms with Crippen LogP contribution in [0, 0.1) is 0 Å². The van der Waals surface area contributed by atoms with Gasteiger partial charge in [-0.1, -0.05) is 48.0 Å². The van der Waals surface area contributed by atoms with Gasteiger partial charge < -0.3 is 14.5 Å². The molecule has 0 fully saturated rings. The van der Waals surface area contributed by atoms with Crippen molar-refractivity contribution in [2.24, 2.45) is 5.10 Å². The third kappa shape index (κ3) is 5.36. The molecule has 1 N–H and O–H groups in total. The van der Waals surface area contributed by atoms with Crippen molar-refractivity contribution in [2.75, 3.05) is 6.61 Å². The molecule has 0 amide bonds. The normalized spacial score (nSPS) is 11.1. The molecule has 0 spiro atoms. The summed E-state index contributed by atoms with van der Waals surface area (Å²) in [7, 11) is 0. The van der Waals surface area contributed by atoms with Gasteiger partial charge in [0.05, 0.1) is 23.7 Å². The van der Waals surface area contributed by atoms with E-state index in [1.807, 2.05) is 37.3 Å². The molecule has 4 rings (SSSR count). The predicted molar refractivity (Wildman–Crippen MR) is 139 cm³/mol. The Kier molecular flexibility index (Phi) is 7.48. The second-order valence-corrected chi connectivity index (χ2v) is 8.06. The summed E-state index contributed by atoms with van der Waals surface area (Å²) in [5.74, 6) is 1.09. The number of benzene rings is 3. The van der Waals surface area contributed by atoms with Gasteiger partial charge in [-0.05, 0) is 49.2 Å². The highest BCUT2D eigenvalue weighted by atomic mass is 35.5. The van der Waals surface area contributed by atoms with Crippen LogP contribution < -0.4 is 20.7 Å². The van der Waals surface area contributed by atoms with E-state index in [1.165, 1.54) is 6.21 Å². The topological polar surface area (TPSA) is 85.7 Å². The molecule has 0 aliphatic carbocycles. The lowest BCUT2D eigenvalue weighted by Crippen LogP contribution is -2.32. The molecule has 178 valence electrons. The molecule has 0 radical (unpaired) electrons. The highest BCUT2D eigenvalue weighted by Gasteiger charge is 2.14. The van der Waals surface area contributed by atoms with E-state index < -0.39 is 11.2 Å². The number of H-pyrrole nitrogens is 1. The highest BCUT2D eigenvalue weighted by Crippen LogP contribution is 2.34. The largest absolute Gasteiger partial charge is 0.490 e. The van der Waals surface area contributed by atoms with Gasteiger partial charge in [-0.2, -0.15) is 5.10 Å². The summed E-state index contributed by atoms with van der Waals surface area (Å²) in [5.41, 5.74) is 1.63. The first-order valence-corrected chi connectivity index (χ1v) is 11.4. The Morgan fingerprint density at radius 1 is 1.06 bits per heavy atom. The number of ether oxygens (including phenoxy) is 2. The van der Waals surface area contributed by atoms with E-state index in [0.29, 0.717) is 46.0 Å². The molecule has 4 aromatic rings. The molecule has 0 atom stereocenters. The minimum Gasteiger partial charge on any atom is -0.490 e. The molecule has 0 aliphatic heterocycles. The zero-order valence-corrected chi connectivity index (χ0v) is 19.9. The van der Waals surface area contributed by atoms with Gasteiger partial charge in [0.2, 0.25) is 0 Å². The van der Waals surface area contributed by atoms with Gasteiger partial charge in [-0.3, -0.25) is 4.79 Å². The molecular formula is C27H24ClN3O4. The van der Waals surface area contributed by atoms with Crippen LogP contribution in [0.3, 0.4) is 0 Å². The van der Waals surface area contributed by atoms with Crippen LogP contribution in [0.1, 0.15) is 23.6 Å². The summed E-state index contributed by atoms with van der Waals surface area (Å²) in [6, 6.07) is 17.9. The van der Waals surface area contributed by atoms with Crippen molar-refractivity contribution < 1.29 is 9.47 Å². The zero-order valence-electron chi connectivity index (χ0n) is 19.2. The van der Waals surface area contributed by atoms with Crippen LogP contribution in [-0.2, 0) is 13.0 Å². The Bertz CT molecular complexity index is 1520. The minimum absolute atomic E-state index is 0.263. The van der Waals surface area contributed by atoms with E-state index in [4.69, 9.17) is 21.1 Å². The van der Waals surface area contributed by atoms with Crippen LogP contribution in [0.4, 0.5) is 0 Å². The lowest BCUT2D eigenvalue weighted by atomic mass is 10.1. The summed E-state index contributed by atoms with van der Waals surface area (Å²) in [6.45, 7) is 6.39. The smallest absolute Gasteiger partial charge is 0.349 e. The fourth-order valence-electron chi connectivity index (χ4n) is 3.64. The van der Waals surface area contributed by atoms with Gasteiger partial charge in [0.1, 0.15) is 6.61 Å². The monoisotopic (exact) mass is 489 g/mol. The number of nitrogens with one attached hydrogen (secondary N) is 1. The van der Waals surface area contributed by atoms with Gasteiger partial charge >= 0.3 is 5.69 Å². The van der Waals surface area contributed by atoms with Crippen molar-refractivity contribution in [2.45, 2.75) is 20.0 Å². The van der Waals surface area contributed by atoms with E-state index in [-0.39, 0.29) is 6.61 Å². The number of nitrogens with zero attached hydrogens (tertiary/aromatic N) is 2. The van der Waals surface area contributed by atoms with E-state index in [0.717, 1.165) is 15.8 Å². The fourth-order valence-corrected chi connectivity index (χ4v) is 3.83. The third-order valence-electron chi connectivity index (χ3n) is 5.25. The number of halogens is 1. The number of fused-ring (bicyclic) bond motifs is 1. The number of allylic oxidation sites excluding steroid dienone is 1. The third-order valence-corrected chi connectivity index (χ3v) is 5.62. The predicted octanol–water partition coefficient (Wildman–Crippen LogP) is 4.93. The number of hydrogen-bond donors (Lipinski definition) is 1. The number of rotatable bonds is 9. The van der Waals surface area contributed by atoms with Crippen LogP contribution in [0.15, 0.2) is 88.0 Å². The fraction of sp³-hybridized carbons (Fsp3) is 0.148. The van der Waals surface area contributed by atoms with Crippen molar-refractivity contribution in [1.82, 2.24) is 9.66 Å². The number of para-hydroxylation sites is 1. The molecule has 0 unspecified atom stereocenters. The van der Waals surface area contributed by atoms with Gasteiger partial charge in [0, 0.05) is 16.1 Å². The molecule has 35 heavy (non-hydrogen) atoms. The van der Waals surface area contributed by atoms with E-state index in [1.54, 1.807) is 36.4 Å². The van der Waals surface area contributed by atoms with E-state index >= 15 is 0 Å². The first-order chi connectivity index (χ1) is 17.0. The van der Waals surface area contributed by atoms with Gasteiger partial charge in [-0.15, -0.1) is 11.3 Å². The lowest BCUT2D eigenvalue weighted by molar-refractivity contribution is 0.267. The van der Waals surface area contributed by atoms with Crippen LogP contribution in [-0.4, -0.2) is 22.5 Å². The molecule has 0 saturated carbocycles. The van der Waals surface area contributed by atoms with Crippen molar-refractivity contribution >= 4 is 28.7 Å². The standard InChI is InChI=1S/C27H24ClN3O4/c1-3-9-19-14-18(16-29-31-26(32)21-11-6-8-13-23(21)30-27(31)33)15-24(34-4-2)25(19)35-17-20-10-5-7-12-22(20)28/h3,5-8,10-16H,1,4,9,17H2,2H3,(H,30,33). The Morgan fingerprint density at radius 3 is 2.60 bits per heavy atom. The molecule has 0 aliphatic rings. The van der Waals surface area contributed by atoms with Gasteiger partial charge in [0.25, 0.3) is 5.56 Å². The molecule has 1 aromatic heterocycles. The quantitative estimate of drug-likeness (QED) is 0.267. The molecule has 8 heteroatoms. The number of aromatic amines is 1. The lowest BCUT2D eigenvalue weighted by Gasteiger charge is -2.17. The zero-order chi connectivity index (χ0) is 24.8. The summed E-state index contributed by atoms with van der Waals surface area (Å²) in [5, 5.41) is 5.15. The van der Waals surface area contributed by atoms with E-state index in [9.17, 15) is 9.59 Å². The summed E-state index contributed by atoms with van der Waals surface area (Å²) < 4.78 is 12.8. The summed E-state index contributed by atoms with van der Waals surface area (Å²) >= 11 is 6.28. The van der Waals surface area contributed by atoms with Gasteiger partial charge in [0.15, 0.2) is 11.5 Å². The first kappa shape index (κ1) is 24.0. The van der Waals surface area contributed by atoms with Crippen molar-refractivity contribution in [3.8, 4) is 11.5 Å². The maximum absolute atomic E-state index is 12.8. The highest BCUT2D eigenvalue weighted by molar-refractivity contribution is 6.31. The van der Waals surface area contributed by atoms with Crippen LogP contribution in [0.25, 0.3) is 10.9 Å².